The molecular formula is C19H18N2O5. The molecular weight excluding hydrogens is 336 g/mol. The van der Waals surface area contributed by atoms with Gasteiger partial charge in [-0.15, -0.1) is 0 Å². The standard InChI is InChI=1S/C19H18N2O5/c22-19(20-11-14-7-12-3-1-2-4-15(12)14)9-13-8-17-18(26-6-5-25-17)10-16(13)21(23)24/h1-4,8,10,14H,5-7,9,11H2,(H,20,22)/t14-/m0/s1. The first kappa shape index (κ1) is 16.4. The van der Waals surface area contributed by atoms with Crippen LogP contribution < -0.4 is 14.8 Å². The molecule has 2 aliphatic rings. The number of benzene rings is 2. The molecule has 1 heterocycles. The lowest BCUT2D eigenvalue weighted by atomic mass is 9.77. The highest BCUT2D eigenvalue weighted by atomic mass is 16.6. The van der Waals surface area contributed by atoms with E-state index in [9.17, 15) is 14.9 Å². The van der Waals surface area contributed by atoms with Crippen molar-refractivity contribution in [3.8, 4) is 11.5 Å². The van der Waals surface area contributed by atoms with Gasteiger partial charge >= 0.3 is 0 Å². The van der Waals surface area contributed by atoms with E-state index in [-0.39, 0.29) is 18.0 Å². The molecule has 0 fully saturated rings. The van der Waals surface area contributed by atoms with Crippen molar-refractivity contribution in [3.05, 3.63) is 63.2 Å². The van der Waals surface area contributed by atoms with Crippen molar-refractivity contribution in [3.63, 3.8) is 0 Å². The summed E-state index contributed by atoms with van der Waals surface area (Å²) in [4.78, 5) is 23.1. The Labute approximate surface area is 150 Å². The quantitative estimate of drug-likeness (QED) is 0.657. The molecule has 1 atom stereocenters. The maximum Gasteiger partial charge on any atom is 0.277 e. The molecule has 1 amide bonds. The molecule has 0 saturated heterocycles. The number of nitro groups is 1. The minimum absolute atomic E-state index is 0.0681. The van der Waals surface area contributed by atoms with Crippen LogP contribution in [0.2, 0.25) is 0 Å². The first-order valence-corrected chi connectivity index (χ1v) is 8.53. The Balaban J connectivity index is 1.43. The molecule has 0 aromatic heterocycles. The summed E-state index contributed by atoms with van der Waals surface area (Å²) in [6.07, 6.45) is 0.877. The van der Waals surface area contributed by atoms with E-state index in [0.717, 1.165) is 6.42 Å². The molecule has 1 aliphatic heterocycles. The van der Waals surface area contributed by atoms with Crippen molar-refractivity contribution < 1.29 is 19.2 Å². The van der Waals surface area contributed by atoms with Crippen LogP contribution in [0.15, 0.2) is 36.4 Å². The Morgan fingerprint density at radius 2 is 1.92 bits per heavy atom. The number of ether oxygens (including phenoxy) is 2. The molecule has 0 unspecified atom stereocenters. The van der Waals surface area contributed by atoms with E-state index in [1.807, 2.05) is 12.1 Å². The average Bonchev–Trinajstić information content (AvgIpc) is 2.61. The van der Waals surface area contributed by atoms with Crippen molar-refractivity contribution in [1.29, 1.82) is 0 Å². The van der Waals surface area contributed by atoms with Crippen molar-refractivity contribution >= 4 is 11.6 Å². The van der Waals surface area contributed by atoms with Crippen LogP contribution >= 0.6 is 0 Å². The van der Waals surface area contributed by atoms with Gasteiger partial charge in [-0.1, -0.05) is 24.3 Å². The third-order valence-electron chi connectivity index (χ3n) is 4.80. The molecule has 1 N–H and O–H groups in total. The zero-order valence-electron chi connectivity index (χ0n) is 14.1. The van der Waals surface area contributed by atoms with E-state index in [2.05, 4.69) is 17.4 Å². The van der Waals surface area contributed by atoms with Gasteiger partial charge in [0.05, 0.1) is 17.4 Å². The highest BCUT2D eigenvalue weighted by Crippen LogP contribution is 2.37. The largest absolute Gasteiger partial charge is 0.486 e. The summed E-state index contributed by atoms with van der Waals surface area (Å²) in [5, 5.41) is 14.2. The van der Waals surface area contributed by atoms with Crippen molar-refractivity contribution in [2.24, 2.45) is 0 Å². The smallest absolute Gasteiger partial charge is 0.277 e. The minimum atomic E-state index is -0.497. The van der Waals surface area contributed by atoms with E-state index in [1.165, 1.54) is 23.3 Å². The maximum atomic E-state index is 12.3. The van der Waals surface area contributed by atoms with Gasteiger partial charge in [0, 0.05) is 18.0 Å². The summed E-state index contributed by atoms with van der Waals surface area (Å²) in [6, 6.07) is 11.0. The fourth-order valence-electron chi connectivity index (χ4n) is 3.45. The van der Waals surface area contributed by atoms with Crippen LogP contribution in [0, 0.1) is 10.1 Å². The Hall–Kier alpha value is -3.09. The van der Waals surface area contributed by atoms with Crippen molar-refractivity contribution in [2.75, 3.05) is 19.8 Å². The molecule has 2 aromatic rings. The number of hydrogen-bond donors (Lipinski definition) is 1. The number of carbonyl (C=O) groups excluding carboxylic acids is 1. The predicted octanol–water partition coefficient (Wildman–Crippen LogP) is 2.36. The van der Waals surface area contributed by atoms with Crippen LogP contribution in [-0.4, -0.2) is 30.6 Å². The fraction of sp³-hybridized carbons (Fsp3) is 0.316. The van der Waals surface area contributed by atoms with Gasteiger partial charge in [0.1, 0.15) is 13.2 Å². The third kappa shape index (κ3) is 3.08. The first-order chi connectivity index (χ1) is 12.6. The second-order valence-electron chi connectivity index (χ2n) is 6.46. The highest BCUT2D eigenvalue weighted by molar-refractivity contribution is 5.80. The molecule has 0 spiro atoms. The van der Waals surface area contributed by atoms with Crippen LogP contribution in [0.3, 0.4) is 0 Å². The van der Waals surface area contributed by atoms with Crippen LogP contribution in [0.5, 0.6) is 11.5 Å². The number of rotatable bonds is 5. The van der Waals surface area contributed by atoms with Gasteiger partial charge in [-0.3, -0.25) is 14.9 Å². The molecule has 0 radical (unpaired) electrons. The molecule has 2 aromatic carbocycles. The van der Waals surface area contributed by atoms with Gasteiger partial charge < -0.3 is 14.8 Å². The van der Waals surface area contributed by atoms with E-state index in [1.54, 1.807) is 0 Å². The molecule has 0 saturated carbocycles. The fourth-order valence-corrected chi connectivity index (χ4v) is 3.45. The van der Waals surface area contributed by atoms with Crippen LogP contribution in [0.1, 0.15) is 22.6 Å². The topological polar surface area (TPSA) is 90.7 Å². The first-order valence-electron chi connectivity index (χ1n) is 8.53. The van der Waals surface area contributed by atoms with Gasteiger partial charge in [-0.05, 0) is 23.6 Å². The third-order valence-corrected chi connectivity index (χ3v) is 4.80. The number of fused-ring (bicyclic) bond motifs is 2. The van der Waals surface area contributed by atoms with Crippen LogP contribution in [-0.2, 0) is 17.6 Å². The van der Waals surface area contributed by atoms with E-state index in [4.69, 9.17) is 9.47 Å². The summed E-state index contributed by atoms with van der Waals surface area (Å²) in [6.45, 7) is 1.28. The van der Waals surface area contributed by atoms with E-state index in [0.29, 0.717) is 42.7 Å². The number of nitrogens with zero attached hydrogens (tertiary/aromatic N) is 1. The minimum Gasteiger partial charge on any atom is -0.486 e. The van der Waals surface area contributed by atoms with Gasteiger partial charge in [0.15, 0.2) is 11.5 Å². The lowest BCUT2D eigenvalue weighted by molar-refractivity contribution is -0.385. The van der Waals surface area contributed by atoms with Gasteiger partial charge in [0.2, 0.25) is 5.91 Å². The van der Waals surface area contributed by atoms with Gasteiger partial charge in [0.25, 0.3) is 5.69 Å². The molecule has 1 aliphatic carbocycles. The SMILES string of the molecule is O=C(Cc1cc2c(cc1[N+](=O)[O-])OCCO2)NC[C@@H]1Cc2ccccc21. The number of hydrogen-bond acceptors (Lipinski definition) is 5. The molecule has 4 rings (SSSR count). The summed E-state index contributed by atoms with van der Waals surface area (Å²) < 4.78 is 10.8. The molecule has 26 heavy (non-hydrogen) atoms. The highest BCUT2D eigenvalue weighted by Gasteiger charge is 2.27. The Morgan fingerprint density at radius 1 is 1.19 bits per heavy atom. The molecule has 7 heteroatoms. The zero-order valence-corrected chi connectivity index (χ0v) is 14.1. The van der Waals surface area contributed by atoms with Crippen molar-refractivity contribution in [2.45, 2.75) is 18.8 Å². The monoisotopic (exact) mass is 354 g/mol. The second-order valence-corrected chi connectivity index (χ2v) is 6.46. The van der Waals surface area contributed by atoms with Gasteiger partial charge in [-0.25, -0.2) is 0 Å². The molecule has 7 nitrogen and oxygen atoms in total. The number of nitrogens with one attached hydrogen (secondary N) is 1. The van der Waals surface area contributed by atoms with E-state index >= 15 is 0 Å². The van der Waals surface area contributed by atoms with E-state index < -0.39 is 4.92 Å². The Kier molecular flexibility index (Phi) is 4.20. The lowest BCUT2D eigenvalue weighted by Gasteiger charge is -2.30. The number of carbonyl (C=O) groups is 1. The second kappa shape index (κ2) is 6.67. The normalized spacial score (nSPS) is 17.0. The number of amides is 1. The zero-order chi connectivity index (χ0) is 18.1. The summed E-state index contributed by atoms with van der Waals surface area (Å²) in [5.74, 6) is 0.857. The Morgan fingerprint density at radius 3 is 2.65 bits per heavy atom. The summed E-state index contributed by atoms with van der Waals surface area (Å²) in [5.41, 5.74) is 2.77. The summed E-state index contributed by atoms with van der Waals surface area (Å²) >= 11 is 0. The molecule has 134 valence electrons. The number of nitro benzene ring substituents is 1. The van der Waals surface area contributed by atoms with Crippen molar-refractivity contribution in [1.82, 2.24) is 5.32 Å². The van der Waals surface area contributed by atoms with Crippen LogP contribution in [0.4, 0.5) is 5.69 Å². The predicted molar refractivity (Wildman–Crippen MR) is 93.7 cm³/mol. The van der Waals surface area contributed by atoms with Crippen LogP contribution in [0.25, 0.3) is 0 Å². The lowest BCUT2D eigenvalue weighted by Crippen LogP contribution is -2.34. The van der Waals surface area contributed by atoms with Gasteiger partial charge in [-0.2, -0.15) is 0 Å². The Bertz CT molecular complexity index is 880. The summed E-state index contributed by atoms with van der Waals surface area (Å²) in [7, 11) is 0. The molecule has 0 bridgehead atoms. The average molecular weight is 354 g/mol. The maximum absolute atomic E-state index is 12.3.